The molecule has 1 aromatic heterocycles. The van der Waals surface area contributed by atoms with Crippen molar-refractivity contribution in [2.45, 2.75) is 83.0 Å². The number of aromatic nitrogens is 2. The number of carbonyl (C=O) groups excluding carboxylic acids is 4. The van der Waals surface area contributed by atoms with Gasteiger partial charge in [-0.05, 0) is 89.9 Å². The number of aromatic amines is 1. The van der Waals surface area contributed by atoms with E-state index in [0.717, 1.165) is 61.4 Å². The summed E-state index contributed by atoms with van der Waals surface area (Å²) in [5.41, 5.74) is 7.67. The van der Waals surface area contributed by atoms with E-state index >= 15 is 0 Å². The Bertz CT molecular complexity index is 2470. The van der Waals surface area contributed by atoms with E-state index in [-0.39, 0.29) is 35.7 Å². The van der Waals surface area contributed by atoms with E-state index in [0.29, 0.717) is 51.4 Å². The molecule has 4 aliphatic heterocycles. The van der Waals surface area contributed by atoms with Crippen LogP contribution in [0, 0.1) is 11.8 Å². The molecule has 0 unspecified atom stereocenters. The Kier molecular flexibility index (Phi) is 12.9. The lowest BCUT2D eigenvalue weighted by Gasteiger charge is -2.31. The molecule has 4 aromatic rings. The van der Waals surface area contributed by atoms with Crippen LogP contribution in [-0.2, 0) is 46.3 Å². The molecular weight excluding hydrogens is 823 g/mol. The molecule has 4 amide bonds. The first kappa shape index (κ1) is 44.6. The van der Waals surface area contributed by atoms with E-state index in [1.54, 1.807) is 32.1 Å². The number of aliphatic imine (C=N–C) groups is 1. The molecule has 2 saturated heterocycles. The number of hydrogen-bond acceptors (Lipinski definition) is 12. The zero-order chi connectivity index (χ0) is 45.4. The summed E-state index contributed by atoms with van der Waals surface area (Å²) >= 11 is 0. The molecule has 0 bridgehead atoms. The molecule has 3 N–H and O–H groups in total. The number of nitrogens with one attached hydrogen (secondary N) is 3. The number of imidazole rings is 1. The van der Waals surface area contributed by atoms with Crippen LogP contribution in [0.25, 0.3) is 33.2 Å². The fraction of sp³-hybridized carbons (Fsp3) is 0.489. The van der Waals surface area contributed by atoms with Crippen molar-refractivity contribution < 1.29 is 47.6 Å². The van der Waals surface area contributed by atoms with Crippen LogP contribution in [0.3, 0.4) is 0 Å². The highest BCUT2D eigenvalue weighted by molar-refractivity contribution is 6.06. The van der Waals surface area contributed by atoms with Crippen molar-refractivity contribution in [2.75, 3.05) is 55.2 Å². The van der Waals surface area contributed by atoms with Crippen molar-refractivity contribution in [3.05, 3.63) is 65.6 Å². The number of fused-ring (bicyclic) bond motifs is 6. The normalized spacial score (nSPS) is 21.8. The van der Waals surface area contributed by atoms with E-state index in [4.69, 9.17) is 38.4 Å². The lowest BCUT2D eigenvalue weighted by atomic mass is 9.90. The minimum absolute atomic E-state index is 0.0914. The molecule has 0 spiro atoms. The van der Waals surface area contributed by atoms with Crippen LogP contribution in [0.4, 0.5) is 15.3 Å². The maximum atomic E-state index is 14.2. The first-order valence-electron chi connectivity index (χ1n) is 21.7. The average Bonchev–Trinajstić information content (AvgIpc) is 4.14. The van der Waals surface area contributed by atoms with Gasteiger partial charge in [-0.15, -0.1) is 0 Å². The summed E-state index contributed by atoms with van der Waals surface area (Å²) in [6.07, 6.45) is 1.16. The van der Waals surface area contributed by atoms with Crippen molar-refractivity contribution in [3.63, 3.8) is 0 Å². The van der Waals surface area contributed by atoms with Crippen LogP contribution < -0.4 is 15.4 Å². The highest BCUT2D eigenvalue weighted by Crippen LogP contribution is 2.45. The summed E-state index contributed by atoms with van der Waals surface area (Å²) in [4.78, 5) is 69.5. The van der Waals surface area contributed by atoms with Crippen LogP contribution in [0.1, 0.15) is 56.6 Å². The largest absolute Gasteiger partial charge is 0.488 e. The quantitative estimate of drug-likeness (QED) is 0.149. The molecular formula is C47H57N7O10. The number of nitrogens with zero attached hydrogens (tertiary/aromatic N) is 4. The summed E-state index contributed by atoms with van der Waals surface area (Å²) in [5.74, 6) is 1.24. The maximum Gasteiger partial charge on any atom is 0.407 e. The summed E-state index contributed by atoms with van der Waals surface area (Å²) in [6.45, 7) is 7.40. The second-order valence-corrected chi connectivity index (χ2v) is 17.3. The van der Waals surface area contributed by atoms with Crippen LogP contribution >= 0.6 is 0 Å². The first-order valence-corrected chi connectivity index (χ1v) is 21.7. The molecule has 17 heteroatoms. The predicted octanol–water partition coefficient (Wildman–Crippen LogP) is 5.71. The topological polar surface area (TPSA) is 195 Å². The number of rotatable bonds is 13. The predicted molar refractivity (Wildman–Crippen MR) is 237 cm³/mol. The SMILES string of the molecule is COC[C@H]1C[C@@H](C2=Nc3ccc4cc5c(cc4c3C2)OCc2cc(-c3cnc([C@@H]4C[C@H](C)CN4C(=O)[C@@H](NC(=O)OC)[C@@H](C)OC)[nH]3)ccc2-5)N(C(=O)[C@@H](NC(=O)OC)[C@@H](C)OC)C1. The van der Waals surface area contributed by atoms with Crippen LogP contribution in [0.5, 0.6) is 5.75 Å². The van der Waals surface area contributed by atoms with E-state index < -0.39 is 36.5 Å². The highest BCUT2D eigenvalue weighted by atomic mass is 16.5. The van der Waals surface area contributed by atoms with E-state index in [9.17, 15) is 19.2 Å². The average molecular weight is 880 g/mol. The number of carbonyl (C=O) groups is 4. The Labute approximate surface area is 372 Å². The van der Waals surface area contributed by atoms with Gasteiger partial charge in [-0.25, -0.2) is 14.6 Å². The number of H-pyrrole nitrogens is 1. The van der Waals surface area contributed by atoms with Gasteiger partial charge in [0.25, 0.3) is 0 Å². The third kappa shape index (κ3) is 8.51. The van der Waals surface area contributed by atoms with Gasteiger partial charge in [0.05, 0.1) is 62.7 Å². The smallest absolute Gasteiger partial charge is 0.407 e. The number of benzene rings is 3. The minimum atomic E-state index is -0.946. The zero-order valence-electron chi connectivity index (χ0n) is 37.6. The monoisotopic (exact) mass is 879 g/mol. The van der Waals surface area contributed by atoms with Crippen molar-refractivity contribution >= 4 is 46.2 Å². The number of amides is 4. The second-order valence-electron chi connectivity index (χ2n) is 17.3. The minimum Gasteiger partial charge on any atom is -0.488 e. The summed E-state index contributed by atoms with van der Waals surface area (Å²) in [6, 6.07) is 12.2. The summed E-state index contributed by atoms with van der Waals surface area (Å²) in [5, 5.41) is 7.42. The fourth-order valence-corrected chi connectivity index (χ4v) is 9.69. The molecule has 5 heterocycles. The fourth-order valence-electron chi connectivity index (χ4n) is 9.69. The van der Waals surface area contributed by atoms with Gasteiger partial charge in [0.1, 0.15) is 30.3 Å². The molecule has 340 valence electrons. The molecule has 0 aliphatic carbocycles. The van der Waals surface area contributed by atoms with Crippen molar-refractivity contribution in [1.82, 2.24) is 30.4 Å². The molecule has 17 nitrogen and oxygen atoms in total. The third-order valence-electron chi connectivity index (χ3n) is 13.2. The van der Waals surface area contributed by atoms with Crippen molar-refractivity contribution in [3.8, 4) is 28.1 Å². The molecule has 8 rings (SSSR count). The Morgan fingerprint density at radius 2 is 1.53 bits per heavy atom. The van der Waals surface area contributed by atoms with Crippen LogP contribution in [0.15, 0.2) is 53.7 Å². The standard InChI is InChI=1S/C47H57N7O10/c1-24-13-39(53(20-24)44(55)41(25(2)60-5)51-46(57)62-7)43-48-19-37(50-43)29-9-11-31-30(15-29)23-64-40-18-32-28(16-34(31)40)10-12-35-33(32)17-36(49-35)38-14-27(22-59-4)21-54(38)45(56)42(26(3)61-6)52-47(58)63-8/h9-12,15-16,18-19,24-27,38-39,41-42H,13-14,17,20-23H2,1-8H3,(H,48,50)(H,51,57)(H,52,58)/t24-,25+,26+,27-,38-,39-,41-,42-/m0/s1. The van der Waals surface area contributed by atoms with Gasteiger partial charge in [-0.1, -0.05) is 25.1 Å². The molecule has 0 radical (unpaired) electrons. The molecule has 0 saturated carbocycles. The van der Waals surface area contributed by atoms with Gasteiger partial charge < -0.3 is 53.8 Å². The van der Waals surface area contributed by atoms with Gasteiger partial charge >= 0.3 is 12.2 Å². The number of ether oxygens (including phenoxy) is 6. The Morgan fingerprint density at radius 3 is 2.19 bits per heavy atom. The van der Waals surface area contributed by atoms with E-state index in [1.165, 1.54) is 28.4 Å². The second kappa shape index (κ2) is 18.6. The molecule has 3 aromatic carbocycles. The van der Waals surface area contributed by atoms with Crippen LogP contribution in [0.2, 0.25) is 0 Å². The van der Waals surface area contributed by atoms with Crippen molar-refractivity contribution in [2.24, 2.45) is 16.8 Å². The number of likely N-dealkylation sites (tertiary alicyclic amines) is 2. The summed E-state index contributed by atoms with van der Waals surface area (Å²) in [7, 11) is 7.18. The Morgan fingerprint density at radius 1 is 0.844 bits per heavy atom. The van der Waals surface area contributed by atoms with Crippen molar-refractivity contribution in [1.29, 1.82) is 0 Å². The molecule has 4 aliphatic rings. The molecule has 2 fully saturated rings. The summed E-state index contributed by atoms with van der Waals surface area (Å²) < 4.78 is 32.6. The zero-order valence-corrected chi connectivity index (χ0v) is 37.6. The van der Waals surface area contributed by atoms with Gasteiger partial charge in [-0.3, -0.25) is 14.6 Å². The lowest BCUT2D eigenvalue weighted by Crippen LogP contribution is -2.56. The number of alkyl carbamates (subject to hydrolysis) is 2. The molecule has 8 atom stereocenters. The third-order valence-corrected chi connectivity index (χ3v) is 13.2. The van der Waals surface area contributed by atoms with Gasteiger partial charge in [0.15, 0.2) is 0 Å². The highest BCUT2D eigenvalue weighted by Gasteiger charge is 2.44. The Balaban J connectivity index is 1.02. The van der Waals surface area contributed by atoms with Gasteiger partial charge in [0, 0.05) is 58.0 Å². The Hall–Kier alpha value is -6.04. The van der Waals surface area contributed by atoms with E-state index in [1.807, 2.05) is 11.0 Å². The van der Waals surface area contributed by atoms with Gasteiger partial charge in [0.2, 0.25) is 11.8 Å². The lowest BCUT2D eigenvalue weighted by molar-refractivity contribution is -0.138. The molecule has 64 heavy (non-hydrogen) atoms. The van der Waals surface area contributed by atoms with Crippen LogP contribution in [-0.4, -0.2) is 135 Å². The number of hydrogen-bond donors (Lipinski definition) is 3. The van der Waals surface area contributed by atoms with E-state index in [2.05, 4.69) is 58.9 Å². The first-order chi connectivity index (χ1) is 30.8. The number of methoxy groups -OCH3 is 5. The maximum absolute atomic E-state index is 14.2. The van der Waals surface area contributed by atoms with Gasteiger partial charge in [-0.2, -0.15) is 0 Å².